The Bertz CT molecular complexity index is 2120. The molecule has 0 aliphatic carbocycles. The Labute approximate surface area is 607 Å². The van der Waals surface area contributed by atoms with E-state index in [1.807, 2.05) is 0 Å². The van der Waals surface area contributed by atoms with E-state index >= 15 is 0 Å². The molecule has 0 saturated carbocycles. The van der Waals surface area contributed by atoms with Gasteiger partial charge in [-0.05, 0) is 154 Å². The Hall–Kier alpha value is -4.02. The summed E-state index contributed by atoms with van der Waals surface area (Å²) in [7, 11) is -9.97. The lowest BCUT2D eigenvalue weighted by Gasteiger charge is -2.21. The molecule has 100 heavy (non-hydrogen) atoms. The lowest BCUT2D eigenvalue weighted by molar-refractivity contribution is -0.161. The van der Waals surface area contributed by atoms with Crippen molar-refractivity contribution in [3.63, 3.8) is 0 Å². The molecule has 0 aliphatic heterocycles. The van der Waals surface area contributed by atoms with Crippen LogP contribution < -0.4 is 0 Å². The average Bonchev–Trinajstić information content (AvgIpc) is 1.01. The second kappa shape index (κ2) is 73.3. The number of allylic oxidation sites excluding steroid dienone is 16. The molecule has 0 aromatic heterocycles. The zero-order chi connectivity index (χ0) is 73.2. The third-order valence-electron chi connectivity index (χ3n) is 16.5. The van der Waals surface area contributed by atoms with E-state index in [-0.39, 0.29) is 25.7 Å². The molecule has 3 N–H and O–H groups in total. The molecule has 0 saturated heterocycles. The fourth-order valence-electron chi connectivity index (χ4n) is 10.4. The molecular formula is C81H142O17P2. The van der Waals surface area contributed by atoms with Crippen molar-refractivity contribution in [3.8, 4) is 0 Å². The highest BCUT2D eigenvalue weighted by molar-refractivity contribution is 7.47. The van der Waals surface area contributed by atoms with Crippen LogP contribution in [0.15, 0.2) is 97.2 Å². The topological polar surface area (TPSA) is 237 Å². The van der Waals surface area contributed by atoms with Crippen molar-refractivity contribution >= 4 is 39.5 Å². The normalized spacial score (nSPS) is 14.4. The fraction of sp³-hybridized carbons (Fsp3) is 0.753. The molecule has 0 bridgehead atoms. The predicted octanol–water partition coefficient (Wildman–Crippen LogP) is 22.8. The summed E-state index contributed by atoms with van der Waals surface area (Å²) in [5.41, 5.74) is 0. The van der Waals surface area contributed by atoms with Gasteiger partial charge in [0.1, 0.15) is 19.3 Å². The molecule has 0 rings (SSSR count). The number of carbonyl (C=O) groups excluding carboxylic acids is 4. The molecule has 4 unspecified atom stereocenters. The summed E-state index contributed by atoms with van der Waals surface area (Å²) >= 11 is 0. The van der Waals surface area contributed by atoms with Crippen LogP contribution in [0.25, 0.3) is 0 Å². The molecule has 19 heteroatoms. The summed E-state index contributed by atoms with van der Waals surface area (Å²) in [6.07, 6.45) is 76.7. The van der Waals surface area contributed by atoms with Gasteiger partial charge in [0.25, 0.3) is 0 Å². The van der Waals surface area contributed by atoms with Crippen LogP contribution in [0.5, 0.6) is 0 Å². The first-order chi connectivity index (χ1) is 48.7. The minimum absolute atomic E-state index is 0.0688. The van der Waals surface area contributed by atoms with E-state index in [2.05, 4.69) is 125 Å². The molecule has 0 spiro atoms. The molecule has 4 atom stereocenters. The minimum atomic E-state index is -4.99. The highest BCUT2D eigenvalue weighted by atomic mass is 31.2. The van der Waals surface area contributed by atoms with Crippen LogP contribution in [0.1, 0.15) is 336 Å². The maximum absolute atomic E-state index is 13.1. The van der Waals surface area contributed by atoms with E-state index in [4.69, 9.17) is 37.0 Å². The van der Waals surface area contributed by atoms with E-state index < -0.39 is 97.5 Å². The predicted molar refractivity (Wildman–Crippen MR) is 409 cm³/mol. The highest BCUT2D eigenvalue weighted by Crippen LogP contribution is 2.45. The Balaban J connectivity index is 5.41. The molecule has 578 valence electrons. The highest BCUT2D eigenvalue weighted by Gasteiger charge is 2.30. The number of ether oxygens (including phenoxy) is 4. The van der Waals surface area contributed by atoms with Crippen LogP contribution in [-0.4, -0.2) is 96.7 Å². The summed E-state index contributed by atoms with van der Waals surface area (Å²) in [6, 6.07) is 0. The first-order valence-electron chi connectivity index (χ1n) is 39.5. The monoisotopic (exact) mass is 1450 g/mol. The first kappa shape index (κ1) is 96.0. The van der Waals surface area contributed by atoms with Crippen LogP contribution in [0.3, 0.4) is 0 Å². The second-order valence-corrected chi connectivity index (χ2v) is 29.2. The number of hydrogen-bond donors (Lipinski definition) is 3. The Kier molecular flexibility index (Phi) is 70.4. The maximum Gasteiger partial charge on any atom is 0.472 e. The van der Waals surface area contributed by atoms with Gasteiger partial charge in [0.05, 0.1) is 26.4 Å². The van der Waals surface area contributed by atoms with Gasteiger partial charge < -0.3 is 33.8 Å². The zero-order valence-corrected chi connectivity index (χ0v) is 64.9. The third-order valence-corrected chi connectivity index (χ3v) is 18.4. The number of phosphoric acid groups is 2. The van der Waals surface area contributed by atoms with Gasteiger partial charge in [-0.15, -0.1) is 0 Å². The van der Waals surface area contributed by atoms with Crippen molar-refractivity contribution in [1.29, 1.82) is 0 Å². The van der Waals surface area contributed by atoms with Gasteiger partial charge in [-0.1, -0.05) is 253 Å². The van der Waals surface area contributed by atoms with Gasteiger partial charge in [0.15, 0.2) is 12.2 Å². The van der Waals surface area contributed by atoms with Crippen molar-refractivity contribution in [2.45, 2.75) is 354 Å². The van der Waals surface area contributed by atoms with E-state index in [0.29, 0.717) is 25.7 Å². The molecule has 0 aromatic carbocycles. The quantitative estimate of drug-likeness (QED) is 0.0169. The molecule has 0 aliphatic rings. The van der Waals surface area contributed by atoms with Crippen molar-refractivity contribution in [2.24, 2.45) is 0 Å². The molecular weight excluding hydrogens is 1310 g/mol. The third kappa shape index (κ3) is 72.3. The molecule has 0 amide bonds. The second-order valence-electron chi connectivity index (χ2n) is 26.3. The number of rotatable bonds is 74. The number of aliphatic hydroxyl groups is 1. The van der Waals surface area contributed by atoms with Crippen molar-refractivity contribution < 1.29 is 80.2 Å². The van der Waals surface area contributed by atoms with E-state index in [0.717, 1.165) is 154 Å². The van der Waals surface area contributed by atoms with E-state index in [9.17, 15) is 43.2 Å². The smallest absolute Gasteiger partial charge is 0.462 e. The van der Waals surface area contributed by atoms with Gasteiger partial charge in [-0.3, -0.25) is 37.3 Å². The lowest BCUT2D eigenvalue weighted by Crippen LogP contribution is -2.30. The minimum Gasteiger partial charge on any atom is -0.462 e. The van der Waals surface area contributed by atoms with Crippen LogP contribution in [0.4, 0.5) is 0 Å². The number of carbonyl (C=O) groups is 4. The summed E-state index contributed by atoms with van der Waals surface area (Å²) in [6.45, 7) is 4.75. The number of hydrogen-bond acceptors (Lipinski definition) is 15. The Morgan fingerprint density at radius 3 is 0.730 bits per heavy atom. The number of aliphatic hydroxyl groups excluding tert-OH is 1. The maximum atomic E-state index is 13.1. The Morgan fingerprint density at radius 1 is 0.280 bits per heavy atom. The van der Waals surface area contributed by atoms with Crippen molar-refractivity contribution in [2.75, 3.05) is 39.6 Å². The van der Waals surface area contributed by atoms with Crippen LogP contribution in [-0.2, 0) is 65.4 Å². The average molecular weight is 1450 g/mol. The fourth-order valence-corrected chi connectivity index (χ4v) is 12.0. The first-order valence-corrected chi connectivity index (χ1v) is 42.5. The summed E-state index contributed by atoms with van der Waals surface area (Å²) < 4.78 is 68.5. The number of phosphoric ester groups is 2. The van der Waals surface area contributed by atoms with Gasteiger partial charge >= 0.3 is 39.5 Å². The lowest BCUT2D eigenvalue weighted by atomic mass is 10.1. The van der Waals surface area contributed by atoms with Crippen LogP contribution in [0.2, 0.25) is 0 Å². The molecule has 0 fully saturated rings. The molecule has 0 heterocycles. The molecule has 0 aromatic rings. The number of esters is 4. The van der Waals surface area contributed by atoms with Crippen LogP contribution >= 0.6 is 15.6 Å². The van der Waals surface area contributed by atoms with E-state index in [1.54, 1.807) is 0 Å². The number of unbranched alkanes of at least 4 members (excludes halogenated alkanes) is 32. The SMILES string of the molecule is CCCCCCC=CCC=CCCCCCCC(=O)OCC(COP(=O)(O)OCC(O)COP(=O)(O)OCC(COC(=O)CCCCCCC=CCC=CCCCCCC)OC(=O)CCCCCCC=CCC=CCCCCCC)OC(=O)CCCCCCC=CCC=CCCCCCC. The summed E-state index contributed by atoms with van der Waals surface area (Å²) in [5.74, 6) is -2.24. The Morgan fingerprint density at radius 2 is 0.490 bits per heavy atom. The standard InChI is InChI=1S/C81H142O17P2/c1-5-9-13-17-21-25-29-33-37-41-45-49-53-57-61-65-78(83)91-71-76(97-80(85)67-63-59-55-51-47-43-39-35-31-27-23-19-15-11-7-3)73-95-99(87,88)93-69-75(82)70-94-100(89,90)96-74-77(98-81(86)68-64-60-56-52-48-44-40-36-32-28-24-20-16-12-8-4)72-92-79(84)66-62-58-54-50-46-42-38-34-30-26-22-18-14-10-6-2/h25-32,37-44,75-77,82H,5-24,33-36,45-74H2,1-4H3,(H,87,88)(H,89,90). The molecule has 17 nitrogen and oxygen atoms in total. The zero-order valence-electron chi connectivity index (χ0n) is 63.1. The van der Waals surface area contributed by atoms with Crippen molar-refractivity contribution in [3.05, 3.63) is 97.2 Å². The summed E-state index contributed by atoms with van der Waals surface area (Å²) in [5, 5.41) is 10.6. The van der Waals surface area contributed by atoms with E-state index in [1.165, 1.54) is 103 Å². The largest absolute Gasteiger partial charge is 0.472 e. The van der Waals surface area contributed by atoms with Gasteiger partial charge in [0.2, 0.25) is 0 Å². The van der Waals surface area contributed by atoms with Gasteiger partial charge in [0, 0.05) is 25.7 Å². The van der Waals surface area contributed by atoms with Gasteiger partial charge in [-0.25, -0.2) is 9.13 Å². The van der Waals surface area contributed by atoms with Crippen LogP contribution in [0, 0.1) is 0 Å². The molecule has 0 radical (unpaired) electrons. The van der Waals surface area contributed by atoms with Gasteiger partial charge in [-0.2, -0.15) is 0 Å². The summed E-state index contributed by atoms with van der Waals surface area (Å²) in [4.78, 5) is 72.9. The van der Waals surface area contributed by atoms with Crippen molar-refractivity contribution in [1.82, 2.24) is 0 Å².